The minimum absolute atomic E-state index is 0.00724. The number of hydrogen-bond donors (Lipinski definition) is 1. The molecule has 25 heavy (non-hydrogen) atoms. The van der Waals surface area contributed by atoms with Gasteiger partial charge in [-0.05, 0) is 69.3 Å². The van der Waals surface area contributed by atoms with Crippen LogP contribution in [0.5, 0.6) is 0 Å². The van der Waals surface area contributed by atoms with Gasteiger partial charge < -0.3 is 10.2 Å². The predicted octanol–water partition coefficient (Wildman–Crippen LogP) is 3.04. The Morgan fingerprint density at radius 2 is 1.68 bits per heavy atom. The molecule has 0 saturated heterocycles. The maximum atomic E-state index is 12.2. The number of nitrogens with zero attached hydrogens (tertiary/aromatic N) is 3. The van der Waals surface area contributed by atoms with E-state index in [1.807, 2.05) is 36.2 Å². The Morgan fingerprint density at radius 3 is 2.28 bits per heavy atom. The fourth-order valence-electron chi connectivity index (χ4n) is 2.74. The summed E-state index contributed by atoms with van der Waals surface area (Å²) < 4.78 is 0. The molecule has 2 aromatic rings. The van der Waals surface area contributed by atoms with Crippen LogP contribution in [0.1, 0.15) is 19.4 Å². The van der Waals surface area contributed by atoms with Crippen LogP contribution in [0.4, 0.5) is 11.4 Å². The van der Waals surface area contributed by atoms with Gasteiger partial charge in [-0.1, -0.05) is 0 Å². The van der Waals surface area contributed by atoms with Crippen LogP contribution < -0.4 is 10.2 Å². The van der Waals surface area contributed by atoms with Crippen molar-refractivity contribution in [2.75, 3.05) is 43.4 Å². The standard InChI is InChI=1S/C20H28N4O/c1-4-24(5-2)19-8-6-18(7-9-19)22-20(25)16-23(3)15-12-17-10-13-21-14-11-17/h6-11,13-14H,4-5,12,15-16H2,1-3H3,(H,22,25). The zero-order valence-corrected chi connectivity index (χ0v) is 15.4. The van der Waals surface area contributed by atoms with Crippen molar-refractivity contribution in [3.8, 4) is 0 Å². The van der Waals surface area contributed by atoms with Crippen molar-refractivity contribution in [3.63, 3.8) is 0 Å². The molecule has 134 valence electrons. The molecule has 1 heterocycles. The Morgan fingerprint density at radius 1 is 1.04 bits per heavy atom. The maximum Gasteiger partial charge on any atom is 0.238 e. The van der Waals surface area contributed by atoms with E-state index in [1.54, 1.807) is 12.4 Å². The highest BCUT2D eigenvalue weighted by atomic mass is 16.2. The van der Waals surface area contributed by atoms with Crippen LogP contribution >= 0.6 is 0 Å². The van der Waals surface area contributed by atoms with Crippen molar-refractivity contribution < 1.29 is 4.79 Å². The summed E-state index contributed by atoms with van der Waals surface area (Å²) in [5.41, 5.74) is 3.25. The second kappa shape index (κ2) is 9.79. The van der Waals surface area contributed by atoms with E-state index in [-0.39, 0.29) is 5.91 Å². The second-order valence-corrected chi connectivity index (χ2v) is 6.11. The molecule has 0 aliphatic heterocycles. The minimum Gasteiger partial charge on any atom is -0.372 e. The number of pyridine rings is 1. The van der Waals surface area contributed by atoms with Crippen LogP contribution in [0.2, 0.25) is 0 Å². The predicted molar refractivity (Wildman–Crippen MR) is 104 cm³/mol. The van der Waals surface area contributed by atoms with Crippen molar-refractivity contribution in [2.45, 2.75) is 20.3 Å². The first-order chi connectivity index (χ1) is 12.1. The van der Waals surface area contributed by atoms with Gasteiger partial charge in [0.2, 0.25) is 5.91 Å². The molecule has 0 spiro atoms. The Labute approximate surface area is 150 Å². The summed E-state index contributed by atoms with van der Waals surface area (Å²) in [6, 6.07) is 12.0. The summed E-state index contributed by atoms with van der Waals surface area (Å²) in [4.78, 5) is 20.5. The van der Waals surface area contributed by atoms with Crippen LogP contribution in [-0.2, 0) is 11.2 Å². The van der Waals surface area contributed by atoms with Gasteiger partial charge in [0, 0.05) is 43.4 Å². The molecule has 1 aromatic carbocycles. The van der Waals surface area contributed by atoms with Crippen molar-refractivity contribution in [2.24, 2.45) is 0 Å². The number of benzene rings is 1. The van der Waals surface area contributed by atoms with E-state index < -0.39 is 0 Å². The van der Waals surface area contributed by atoms with Gasteiger partial charge in [-0.15, -0.1) is 0 Å². The van der Waals surface area contributed by atoms with Gasteiger partial charge in [0.1, 0.15) is 0 Å². The molecule has 0 radical (unpaired) electrons. The number of rotatable bonds is 9. The molecule has 5 nitrogen and oxygen atoms in total. The monoisotopic (exact) mass is 340 g/mol. The van der Waals surface area contributed by atoms with Gasteiger partial charge in [-0.3, -0.25) is 14.7 Å². The van der Waals surface area contributed by atoms with E-state index >= 15 is 0 Å². The maximum absolute atomic E-state index is 12.2. The zero-order chi connectivity index (χ0) is 18.1. The number of anilines is 2. The first-order valence-electron chi connectivity index (χ1n) is 8.84. The molecule has 0 fully saturated rings. The second-order valence-electron chi connectivity index (χ2n) is 6.11. The molecular formula is C20H28N4O. The van der Waals surface area contributed by atoms with E-state index in [2.05, 4.69) is 41.2 Å². The third-order valence-electron chi connectivity index (χ3n) is 4.22. The van der Waals surface area contributed by atoms with Gasteiger partial charge in [-0.25, -0.2) is 0 Å². The number of nitrogens with one attached hydrogen (secondary N) is 1. The quantitative estimate of drug-likeness (QED) is 0.762. The smallest absolute Gasteiger partial charge is 0.238 e. The summed E-state index contributed by atoms with van der Waals surface area (Å²) in [6.07, 6.45) is 4.50. The summed E-state index contributed by atoms with van der Waals surface area (Å²) in [7, 11) is 1.96. The van der Waals surface area contributed by atoms with Gasteiger partial charge >= 0.3 is 0 Å². The molecule has 1 amide bonds. The van der Waals surface area contributed by atoms with Gasteiger partial charge in [0.25, 0.3) is 0 Å². The fraction of sp³-hybridized carbons (Fsp3) is 0.400. The Kier molecular flexibility index (Phi) is 7.41. The number of amides is 1. The minimum atomic E-state index is 0.00724. The van der Waals surface area contributed by atoms with Crippen molar-refractivity contribution in [3.05, 3.63) is 54.4 Å². The van der Waals surface area contributed by atoms with Gasteiger partial charge in [0.15, 0.2) is 0 Å². The molecule has 1 aromatic heterocycles. The molecule has 0 aliphatic rings. The third kappa shape index (κ3) is 6.19. The highest BCUT2D eigenvalue weighted by Crippen LogP contribution is 2.17. The number of aromatic nitrogens is 1. The molecule has 0 aliphatic carbocycles. The fourth-order valence-corrected chi connectivity index (χ4v) is 2.74. The van der Waals surface area contributed by atoms with E-state index in [1.165, 1.54) is 11.3 Å². The molecule has 5 heteroatoms. The molecule has 0 atom stereocenters. The first kappa shape index (κ1) is 18.9. The number of likely N-dealkylation sites (N-methyl/N-ethyl adjacent to an activating group) is 1. The van der Waals surface area contributed by atoms with Gasteiger partial charge in [-0.2, -0.15) is 0 Å². The lowest BCUT2D eigenvalue weighted by Gasteiger charge is -2.21. The molecule has 0 unspecified atom stereocenters. The molecule has 0 saturated carbocycles. The Bertz CT molecular complexity index is 639. The molecular weight excluding hydrogens is 312 g/mol. The Hall–Kier alpha value is -2.40. The topological polar surface area (TPSA) is 48.5 Å². The summed E-state index contributed by atoms with van der Waals surface area (Å²) in [5.74, 6) is 0.00724. The molecule has 2 rings (SSSR count). The average molecular weight is 340 g/mol. The first-order valence-corrected chi connectivity index (χ1v) is 8.84. The van der Waals surface area contributed by atoms with Crippen LogP contribution in [0.25, 0.3) is 0 Å². The van der Waals surface area contributed by atoms with Crippen molar-refractivity contribution >= 4 is 17.3 Å². The van der Waals surface area contributed by atoms with Gasteiger partial charge in [0.05, 0.1) is 6.54 Å². The lowest BCUT2D eigenvalue weighted by molar-refractivity contribution is -0.117. The average Bonchev–Trinajstić information content (AvgIpc) is 2.63. The zero-order valence-electron chi connectivity index (χ0n) is 15.4. The number of carbonyl (C=O) groups is 1. The van der Waals surface area contributed by atoms with Crippen LogP contribution in [0.3, 0.4) is 0 Å². The van der Waals surface area contributed by atoms with E-state index in [9.17, 15) is 4.79 Å². The molecule has 1 N–H and O–H groups in total. The summed E-state index contributed by atoms with van der Waals surface area (Å²) >= 11 is 0. The van der Waals surface area contributed by atoms with E-state index in [4.69, 9.17) is 0 Å². The lowest BCUT2D eigenvalue weighted by atomic mass is 10.2. The lowest BCUT2D eigenvalue weighted by Crippen LogP contribution is -2.31. The van der Waals surface area contributed by atoms with Crippen LogP contribution in [0, 0.1) is 0 Å². The molecule has 0 bridgehead atoms. The van der Waals surface area contributed by atoms with Crippen molar-refractivity contribution in [1.82, 2.24) is 9.88 Å². The largest absolute Gasteiger partial charge is 0.372 e. The van der Waals surface area contributed by atoms with Crippen LogP contribution in [0.15, 0.2) is 48.8 Å². The highest BCUT2D eigenvalue weighted by molar-refractivity contribution is 5.92. The number of carbonyl (C=O) groups excluding carboxylic acids is 1. The SMILES string of the molecule is CCN(CC)c1ccc(NC(=O)CN(C)CCc2ccncc2)cc1. The van der Waals surface area contributed by atoms with E-state index in [0.29, 0.717) is 6.54 Å². The van der Waals surface area contributed by atoms with E-state index in [0.717, 1.165) is 31.7 Å². The summed E-state index contributed by atoms with van der Waals surface area (Å²) in [6.45, 7) is 7.44. The summed E-state index contributed by atoms with van der Waals surface area (Å²) in [5, 5.41) is 2.96. The highest BCUT2D eigenvalue weighted by Gasteiger charge is 2.08. The third-order valence-corrected chi connectivity index (χ3v) is 4.22. The number of hydrogen-bond acceptors (Lipinski definition) is 4. The normalized spacial score (nSPS) is 10.7. The van der Waals surface area contributed by atoms with Crippen molar-refractivity contribution in [1.29, 1.82) is 0 Å². The van der Waals surface area contributed by atoms with Crippen LogP contribution in [-0.4, -0.2) is 49.0 Å². The Balaban J connectivity index is 1.79.